The summed E-state index contributed by atoms with van der Waals surface area (Å²) in [6.07, 6.45) is 4.25. The summed E-state index contributed by atoms with van der Waals surface area (Å²) in [5, 5.41) is 26.0. The maximum atomic E-state index is 13.5. The molecule has 10 nitrogen and oxygen atoms in total. The third-order valence-electron chi connectivity index (χ3n) is 8.24. The van der Waals surface area contributed by atoms with Gasteiger partial charge in [0.15, 0.2) is 12.0 Å². The van der Waals surface area contributed by atoms with Gasteiger partial charge in [-0.2, -0.15) is 5.10 Å². The van der Waals surface area contributed by atoms with E-state index in [0.29, 0.717) is 23.0 Å². The van der Waals surface area contributed by atoms with Crippen LogP contribution in [0.5, 0.6) is 0 Å². The molecule has 0 radical (unpaired) electrons. The lowest BCUT2D eigenvalue weighted by molar-refractivity contribution is -0.113. The highest BCUT2D eigenvalue weighted by molar-refractivity contribution is 6.06. The average molecular weight is 537 g/mol. The van der Waals surface area contributed by atoms with Crippen molar-refractivity contribution < 1.29 is 9.90 Å². The molecule has 0 bridgehead atoms. The van der Waals surface area contributed by atoms with Crippen LogP contribution in [0.25, 0.3) is 16.6 Å². The number of benzene rings is 2. The van der Waals surface area contributed by atoms with Gasteiger partial charge in [0.05, 0.1) is 11.3 Å². The Balaban J connectivity index is 1.15. The number of piperidine rings is 1. The summed E-state index contributed by atoms with van der Waals surface area (Å²) in [7, 11) is 0. The Morgan fingerprint density at radius 3 is 2.62 bits per heavy atom. The molecule has 7 rings (SSSR count). The quantitative estimate of drug-likeness (QED) is 0.306. The molecule has 10 heteroatoms. The van der Waals surface area contributed by atoms with Gasteiger partial charge >= 0.3 is 0 Å². The van der Waals surface area contributed by atoms with Gasteiger partial charge in [-0.1, -0.05) is 30.3 Å². The number of nitrogen functional groups attached to an aromatic ring is 1. The van der Waals surface area contributed by atoms with Crippen molar-refractivity contribution in [3.63, 3.8) is 0 Å². The third-order valence-corrected chi connectivity index (χ3v) is 8.24. The molecule has 5 N–H and O–H groups in total. The third kappa shape index (κ3) is 4.07. The number of hydrogen-bond donors (Lipinski definition) is 4. The average Bonchev–Trinajstić information content (AvgIpc) is 3.67. The van der Waals surface area contributed by atoms with Gasteiger partial charge in [0.1, 0.15) is 11.8 Å². The van der Waals surface area contributed by atoms with E-state index in [1.54, 1.807) is 0 Å². The monoisotopic (exact) mass is 536 g/mol. The van der Waals surface area contributed by atoms with Crippen LogP contribution in [0.3, 0.4) is 0 Å². The predicted octanol–water partition coefficient (Wildman–Crippen LogP) is 3.49. The van der Waals surface area contributed by atoms with Crippen molar-refractivity contribution >= 4 is 28.6 Å². The zero-order valence-corrected chi connectivity index (χ0v) is 22.1. The number of hydrazine groups is 1. The van der Waals surface area contributed by atoms with Gasteiger partial charge in [0.25, 0.3) is 5.91 Å². The number of carbonyl (C=O) groups excluding carboxylic acids is 1. The smallest absolute Gasteiger partial charge is 0.258 e. The lowest BCUT2D eigenvalue weighted by Gasteiger charge is -2.32. The Morgan fingerprint density at radius 2 is 1.85 bits per heavy atom. The fourth-order valence-electron chi connectivity index (χ4n) is 6.34. The van der Waals surface area contributed by atoms with Crippen LogP contribution in [0.4, 0.5) is 17.2 Å². The highest BCUT2D eigenvalue weighted by Gasteiger charge is 2.43. The highest BCUT2D eigenvalue weighted by Crippen LogP contribution is 2.40. The maximum Gasteiger partial charge on any atom is 0.258 e. The summed E-state index contributed by atoms with van der Waals surface area (Å²) < 4.78 is 1.94. The normalized spacial score (nSPS) is 19.5. The molecule has 4 aromatic rings. The molecule has 1 amide bonds. The van der Waals surface area contributed by atoms with Crippen LogP contribution >= 0.6 is 0 Å². The van der Waals surface area contributed by atoms with Gasteiger partial charge in [-0.3, -0.25) is 14.8 Å². The molecule has 0 spiro atoms. The number of amides is 1. The minimum atomic E-state index is -1.04. The molecule has 0 aliphatic carbocycles. The number of fused-ring (bicyclic) bond motifs is 2. The number of anilines is 3. The molecule has 2 aromatic heterocycles. The van der Waals surface area contributed by atoms with E-state index in [4.69, 9.17) is 5.73 Å². The minimum absolute atomic E-state index is 0.291. The molecule has 204 valence electrons. The van der Waals surface area contributed by atoms with E-state index in [0.717, 1.165) is 79.0 Å². The largest absolute Gasteiger partial charge is 0.382 e. The number of nitrogens with one attached hydrogen (secondary N) is 2. The second-order valence-electron chi connectivity index (χ2n) is 10.6. The number of carbonyl (C=O) groups is 1. The molecular weight excluding hydrogens is 504 g/mol. The topological polar surface area (TPSA) is 124 Å². The minimum Gasteiger partial charge on any atom is -0.382 e. The van der Waals surface area contributed by atoms with E-state index in [2.05, 4.69) is 26.8 Å². The van der Waals surface area contributed by atoms with Crippen molar-refractivity contribution in [2.24, 2.45) is 0 Å². The lowest BCUT2D eigenvalue weighted by Crippen LogP contribution is -2.42. The van der Waals surface area contributed by atoms with Crippen LogP contribution in [0.1, 0.15) is 37.3 Å². The van der Waals surface area contributed by atoms with Gasteiger partial charge in [0.2, 0.25) is 0 Å². The number of allylic oxidation sites excluding steroid dienone is 1. The number of aromatic nitrogens is 3. The zero-order valence-electron chi connectivity index (χ0n) is 22.1. The summed E-state index contributed by atoms with van der Waals surface area (Å²) in [6, 6.07) is 19.6. The number of nitrogens with zero attached hydrogens (tertiary/aromatic N) is 5. The second-order valence-corrected chi connectivity index (χ2v) is 10.6. The summed E-state index contributed by atoms with van der Waals surface area (Å²) in [5.74, 6) is 0.546. The van der Waals surface area contributed by atoms with Gasteiger partial charge in [-0.05, 0) is 74.7 Å². The number of nitrogens with two attached hydrogens (primary N) is 1. The van der Waals surface area contributed by atoms with Crippen molar-refractivity contribution in [1.82, 2.24) is 24.9 Å². The van der Waals surface area contributed by atoms with E-state index in [1.807, 2.05) is 69.1 Å². The van der Waals surface area contributed by atoms with Gasteiger partial charge < -0.3 is 21.5 Å². The van der Waals surface area contributed by atoms with E-state index in [-0.39, 0.29) is 5.91 Å². The summed E-state index contributed by atoms with van der Waals surface area (Å²) in [6.45, 7) is 2.73. The standard InChI is InChI=1S/C30H32N8O2/c31-28-27-23(17-25(37(27)34-18-33-28)20-12-14-32-15-13-20)19-8-10-21(11-9-19)35-29(39)26-24-7-4-16-36(24)38(30(26)40)22-5-2-1-3-6-22/h1-3,5-6,8-11,17-18,20,30,32,40H,4,7,12-16H2,(H,35,39)(H2,31,33,34). The van der Waals surface area contributed by atoms with Crippen LogP contribution in [0, 0.1) is 0 Å². The Morgan fingerprint density at radius 1 is 1.07 bits per heavy atom. The van der Waals surface area contributed by atoms with Gasteiger partial charge in [-0.25, -0.2) is 9.50 Å². The summed E-state index contributed by atoms with van der Waals surface area (Å²) in [5.41, 5.74) is 13.0. The van der Waals surface area contributed by atoms with Crippen LogP contribution in [0.15, 0.2) is 78.3 Å². The number of para-hydroxylation sites is 1. The molecular formula is C30H32N8O2. The van der Waals surface area contributed by atoms with Gasteiger partial charge in [-0.15, -0.1) is 0 Å². The zero-order chi connectivity index (χ0) is 27.2. The Kier molecular flexibility index (Phi) is 6.13. The molecule has 2 fully saturated rings. The summed E-state index contributed by atoms with van der Waals surface area (Å²) >= 11 is 0. The van der Waals surface area contributed by atoms with Gasteiger partial charge in [0, 0.05) is 35.1 Å². The lowest BCUT2D eigenvalue weighted by atomic mass is 9.94. The number of aliphatic hydroxyl groups excluding tert-OH is 1. The second kappa shape index (κ2) is 9.96. The van der Waals surface area contributed by atoms with Crippen molar-refractivity contribution in [3.8, 4) is 11.1 Å². The highest BCUT2D eigenvalue weighted by atomic mass is 16.3. The predicted molar refractivity (Wildman–Crippen MR) is 154 cm³/mol. The van der Waals surface area contributed by atoms with Crippen molar-refractivity contribution in [3.05, 3.63) is 84.0 Å². The molecule has 1 atom stereocenters. The van der Waals surface area contributed by atoms with Crippen LogP contribution < -0.4 is 21.4 Å². The first-order chi connectivity index (χ1) is 19.6. The first kappa shape index (κ1) is 24.6. The number of hydrogen-bond acceptors (Lipinski definition) is 8. The van der Waals surface area contributed by atoms with Crippen LogP contribution in [-0.2, 0) is 4.79 Å². The first-order valence-corrected chi connectivity index (χ1v) is 13.9. The molecule has 2 aromatic carbocycles. The van der Waals surface area contributed by atoms with Crippen LogP contribution in [-0.4, -0.2) is 56.5 Å². The molecule has 5 heterocycles. The van der Waals surface area contributed by atoms with Crippen molar-refractivity contribution in [1.29, 1.82) is 0 Å². The van der Waals surface area contributed by atoms with E-state index in [9.17, 15) is 9.90 Å². The Labute approximate surface area is 232 Å². The van der Waals surface area contributed by atoms with E-state index < -0.39 is 6.23 Å². The molecule has 2 saturated heterocycles. The van der Waals surface area contributed by atoms with E-state index >= 15 is 0 Å². The molecule has 3 aliphatic heterocycles. The fourth-order valence-corrected chi connectivity index (χ4v) is 6.34. The maximum absolute atomic E-state index is 13.5. The number of aliphatic hydroxyl groups is 1. The molecule has 40 heavy (non-hydrogen) atoms. The number of rotatable bonds is 5. The molecule has 1 unspecified atom stereocenters. The van der Waals surface area contributed by atoms with E-state index in [1.165, 1.54) is 6.33 Å². The molecule has 3 aliphatic rings. The Hall–Kier alpha value is -4.41. The molecule has 0 saturated carbocycles. The van der Waals surface area contributed by atoms with Crippen LogP contribution in [0.2, 0.25) is 0 Å². The van der Waals surface area contributed by atoms with Crippen molar-refractivity contribution in [2.75, 3.05) is 35.7 Å². The fraction of sp³-hybridized carbons (Fsp3) is 0.300. The Bertz CT molecular complexity index is 1590. The SMILES string of the molecule is Nc1ncnn2c(C3CCNCC3)cc(-c3ccc(NC(=O)C4=C5CCCN5N(c5ccccc5)C4O)cc3)c12. The van der Waals surface area contributed by atoms with Crippen molar-refractivity contribution in [2.45, 2.75) is 37.8 Å². The summed E-state index contributed by atoms with van der Waals surface area (Å²) in [4.78, 5) is 17.7. The first-order valence-electron chi connectivity index (χ1n) is 13.9.